The van der Waals surface area contributed by atoms with E-state index in [9.17, 15) is 26.0 Å². The molecule has 0 atom stereocenters. The Balaban J connectivity index is 3.22. The van der Waals surface area contributed by atoms with Crippen molar-refractivity contribution in [2.75, 3.05) is 13.1 Å². The fourth-order valence-electron chi connectivity index (χ4n) is 1.56. The third-order valence-corrected chi connectivity index (χ3v) is 4.71. The predicted octanol–water partition coefficient (Wildman–Crippen LogP) is 3.55. The van der Waals surface area contributed by atoms with Crippen LogP contribution < -0.4 is 0 Å². The van der Waals surface area contributed by atoms with E-state index in [-0.39, 0.29) is 17.3 Å². The van der Waals surface area contributed by atoms with Crippen LogP contribution in [0.25, 0.3) is 0 Å². The number of nitrogens with zero attached hydrogens (tertiary/aromatic N) is 1. The van der Waals surface area contributed by atoms with Crippen LogP contribution in [0.2, 0.25) is 0 Å². The van der Waals surface area contributed by atoms with Crippen LogP contribution in [0.4, 0.5) is 17.6 Å². The molecule has 3 nitrogen and oxygen atoms in total. The van der Waals surface area contributed by atoms with Crippen molar-refractivity contribution in [3.63, 3.8) is 0 Å². The Labute approximate surface area is 122 Å². The molecular weight excluding hydrogens is 366 g/mol. The van der Waals surface area contributed by atoms with Gasteiger partial charge in [0, 0.05) is 11.0 Å². The van der Waals surface area contributed by atoms with Gasteiger partial charge in [0.1, 0.15) is 17.3 Å². The maximum Gasteiger partial charge on any atom is 0.402 e. The van der Waals surface area contributed by atoms with Crippen molar-refractivity contribution in [1.29, 1.82) is 0 Å². The SMILES string of the molecule is CCCN(CC(F)(F)F)S(=O)(=O)c1ccc(Br)cc1F. The van der Waals surface area contributed by atoms with E-state index in [0.29, 0.717) is 4.47 Å². The lowest BCUT2D eigenvalue weighted by Crippen LogP contribution is -2.39. The zero-order chi connectivity index (χ0) is 15.6. The molecule has 0 aliphatic rings. The summed E-state index contributed by atoms with van der Waals surface area (Å²) in [5.41, 5.74) is 0. The number of halogens is 5. The fourth-order valence-corrected chi connectivity index (χ4v) is 3.45. The summed E-state index contributed by atoms with van der Waals surface area (Å²) in [4.78, 5) is -0.765. The summed E-state index contributed by atoms with van der Waals surface area (Å²) in [6.07, 6.45) is -4.50. The molecule has 0 saturated heterocycles. The first-order valence-corrected chi connectivity index (χ1v) is 7.83. The highest BCUT2D eigenvalue weighted by molar-refractivity contribution is 9.10. The molecule has 114 valence electrons. The quantitative estimate of drug-likeness (QED) is 0.735. The molecule has 0 aliphatic heterocycles. The standard InChI is InChI=1S/C11H12BrF4NO2S/c1-2-5-17(7-11(14,15)16)20(18,19)10-4-3-8(12)6-9(10)13/h3-4,6H,2,5,7H2,1H3. The van der Waals surface area contributed by atoms with Gasteiger partial charge in [0.15, 0.2) is 0 Å². The number of benzene rings is 1. The van der Waals surface area contributed by atoms with Crippen LogP contribution in [0.5, 0.6) is 0 Å². The largest absolute Gasteiger partial charge is 0.402 e. The van der Waals surface area contributed by atoms with Crippen molar-refractivity contribution in [2.24, 2.45) is 0 Å². The van der Waals surface area contributed by atoms with Crippen LogP contribution in [-0.4, -0.2) is 32.0 Å². The number of sulfonamides is 1. The average molecular weight is 378 g/mol. The van der Waals surface area contributed by atoms with Gasteiger partial charge in [0.25, 0.3) is 0 Å². The Morgan fingerprint density at radius 2 is 1.90 bits per heavy atom. The minimum atomic E-state index is -4.69. The molecule has 1 rings (SSSR count). The molecule has 0 N–H and O–H groups in total. The summed E-state index contributed by atoms with van der Waals surface area (Å²) >= 11 is 2.95. The van der Waals surface area contributed by atoms with Gasteiger partial charge in [-0.05, 0) is 24.6 Å². The summed E-state index contributed by atoms with van der Waals surface area (Å²) in [5, 5.41) is 0. The zero-order valence-electron chi connectivity index (χ0n) is 10.4. The molecule has 0 spiro atoms. The van der Waals surface area contributed by atoms with Crippen LogP contribution in [0.15, 0.2) is 27.6 Å². The van der Waals surface area contributed by atoms with Gasteiger partial charge in [-0.2, -0.15) is 17.5 Å². The van der Waals surface area contributed by atoms with E-state index in [1.807, 2.05) is 0 Å². The van der Waals surface area contributed by atoms with Crippen molar-refractivity contribution >= 4 is 26.0 Å². The van der Waals surface area contributed by atoms with Crippen molar-refractivity contribution in [3.05, 3.63) is 28.5 Å². The molecule has 0 unspecified atom stereocenters. The van der Waals surface area contributed by atoms with Crippen LogP contribution in [-0.2, 0) is 10.0 Å². The Hall–Kier alpha value is -0.670. The number of hydrogen-bond donors (Lipinski definition) is 0. The Kier molecular flexibility index (Phi) is 5.56. The molecular formula is C11H12BrF4NO2S. The molecule has 0 radical (unpaired) electrons. The second kappa shape index (κ2) is 6.40. The molecule has 1 aromatic rings. The van der Waals surface area contributed by atoms with E-state index in [4.69, 9.17) is 0 Å². The first-order chi connectivity index (χ1) is 9.08. The van der Waals surface area contributed by atoms with E-state index in [0.717, 1.165) is 12.1 Å². The van der Waals surface area contributed by atoms with Crippen LogP contribution in [0.1, 0.15) is 13.3 Å². The molecule has 0 fully saturated rings. The second-order valence-corrected chi connectivity index (χ2v) is 6.85. The third-order valence-electron chi connectivity index (χ3n) is 2.34. The maximum atomic E-state index is 13.7. The summed E-state index contributed by atoms with van der Waals surface area (Å²) < 4.78 is 75.7. The van der Waals surface area contributed by atoms with E-state index in [2.05, 4.69) is 15.9 Å². The lowest BCUT2D eigenvalue weighted by Gasteiger charge is -2.23. The first-order valence-electron chi connectivity index (χ1n) is 5.60. The van der Waals surface area contributed by atoms with Gasteiger partial charge in [-0.25, -0.2) is 12.8 Å². The summed E-state index contributed by atoms with van der Waals surface area (Å²) in [5.74, 6) is -1.09. The summed E-state index contributed by atoms with van der Waals surface area (Å²) in [6, 6.07) is 3.09. The van der Waals surface area contributed by atoms with Gasteiger partial charge in [-0.15, -0.1) is 0 Å². The molecule has 20 heavy (non-hydrogen) atoms. The highest BCUT2D eigenvalue weighted by Gasteiger charge is 2.37. The summed E-state index contributed by atoms with van der Waals surface area (Å²) in [7, 11) is -4.53. The van der Waals surface area contributed by atoms with E-state index in [1.54, 1.807) is 0 Å². The fraction of sp³-hybridized carbons (Fsp3) is 0.455. The van der Waals surface area contributed by atoms with Gasteiger partial charge in [-0.3, -0.25) is 0 Å². The number of hydrogen-bond acceptors (Lipinski definition) is 2. The monoisotopic (exact) mass is 377 g/mol. The van der Waals surface area contributed by atoms with Gasteiger partial charge in [0.05, 0.1) is 0 Å². The van der Waals surface area contributed by atoms with Crippen molar-refractivity contribution < 1.29 is 26.0 Å². The molecule has 1 aromatic carbocycles. The predicted molar refractivity (Wildman–Crippen MR) is 69.2 cm³/mol. The van der Waals surface area contributed by atoms with E-state index >= 15 is 0 Å². The summed E-state index contributed by atoms with van der Waals surface area (Å²) in [6.45, 7) is -0.438. The van der Waals surface area contributed by atoms with Crippen LogP contribution >= 0.6 is 15.9 Å². The van der Waals surface area contributed by atoms with Gasteiger partial charge >= 0.3 is 6.18 Å². The first kappa shape index (κ1) is 17.4. The molecule has 0 amide bonds. The molecule has 9 heteroatoms. The topological polar surface area (TPSA) is 37.4 Å². The Morgan fingerprint density at radius 1 is 1.30 bits per heavy atom. The number of alkyl halides is 3. The smallest absolute Gasteiger partial charge is 0.207 e. The van der Waals surface area contributed by atoms with Crippen molar-refractivity contribution in [3.8, 4) is 0 Å². The lowest BCUT2D eigenvalue weighted by atomic mass is 10.3. The average Bonchev–Trinajstić information content (AvgIpc) is 2.26. The number of rotatable bonds is 5. The van der Waals surface area contributed by atoms with Gasteiger partial charge in [0.2, 0.25) is 10.0 Å². The van der Waals surface area contributed by atoms with Crippen molar-refractivity contribution in [2.45, 2.75) is 24.4 Å². The van der Waals surface area contributed by atoms with E-state index in [1.165, 1.54) is 13.0 Å². The molecule has 0 saturated carbocycles. The molecule has 0 aliphatic carbocycles. The normalized spacial score (nSPS) is 12.9. The molecule has 0 heterocycles. The van der Waals surface area contributed by atoms with Crippen LogP contribution in [0, 0.1) is 5.82 Å². The minimum Gasteiger partial charge on any atom is -0.207 e. The van der Waals surface area contributed by atoms with E-state index < -0.39 is 33.5 Å². The molecule has 0 aromatic heterocycles. The van der Waals surface area contributed by atoms with Crippen LogP contribution in [0.3, 0.4) is 0 Å². The minimum absolute atomic E-state index is 0.188. The van der Waals surface area contributed by atoms with Gasteiger partial charge in [-0.1, -0.05) is 22.9 Å². The van der Waals surface area contributed by atoms with Gasteiger partial charge < -0.3 is 0 Å². The highest BCUT2D eigenvalue weighted by Crippen LogP contribution is 2.26. The molecule has 0 bridgehead atoms. The third kappa shape index (κ3) is 4.42. The lowest BCUT2D eigenvalue weighted by molar-refractivity contribution is -0.136. The Bertz CT molecular complexity index is 574. The highest BCUT2D eigenvalue weighted by atomic mass is 79.9. The second-order valence-electron chi connectivity index (χ2n) is 4.03. The zero-order valence-corrected chi connectivity index (χ0v) is 12.8. The Morgan fingerprint density at radius 3 is 2.35 bits per heavy atom. The van der Waals surface area contributed by atoms with Crippen molar-refractivity contribution in [1.82, 2.24) is 4.31 Å². The maximum absolute atomic E-state index is 13.7.